The molecule has 7 heterocycles. The number of hydrogen-bond acceptors (Lipinski definition) is 9. The van der Waals surface area contributed by atoms with Crippen LogP contribution in [0.2, 0.25) is 12.1 Å². The van der Waals surface area contributed by atoms with Gasteiger partial charge in [0, 0.05) is 105 Å². The van der Waals surface area contributed by atoms with E-state index in [1.807, 2.05) is 0 Å². The Hall–Kier alpha value is -2.29. The largest absolute Gasteiger partial charge is 0.500 e. The van der Waals surface area contributed by atoms with Crippen LogP contribution < -0.4 is 9.13 Å². The Labute approximate surface area is 281 Å². The molecule has 0 aromatic carbocycles. The van der Waals surface area contributed by atoms with E-state index in [1.165, 1.54) is 11.4 Å². The Morgan fingerprint density at radius 3 is 2.02 bits per heavy atom. The second-order valence-corrected chi connectivity index (χ2v) is 18.7. The maximum absolute atomic E-state index is 5.57. The number of nitrogens with zero attached hydrogens (tertiary/aromatic N) is 7. The van der Waals surface area contributed by atoms with Crippen LogP contribution in [0.25, 0.3) is 0 Å². The molecule has 5 aliphatic rings. The fourth-order valence-electron chi connectivity index (χ4n) is 8.03. The van der Waals surface area contributed by atoms with Crippen molar-refractivity contribution in [3.8, 4) is 0 Å². The van der Waals surface area contributed by atoms with Crippen molar-refractivity contribution >= 4 is 30.0 Å². The minimum atomic E-state index is -2.50. The monoisotopic (exact) mass is 687 g/mol. The number of rotatable bonds is 14. The summed E-state index contributed by atoms with van der Waals surface area (Å²) in [5, 5.41) is 0. The standard InChI is InChI=1S/C17H28N4O3Si.C15H25N3O3Si/c1-22-25(23-2,24-3)14-6-8-18-10-11-19-12-13-20-15-16-7-4-5-9-21(16)17(18,19)20;1-19-22(20-2,21-3)12-6-8-16-10-11-17-13-14-7-4-5-9-18(14)15(16)17/h4-5,7,9,15H,6,8,10-14H2,1-3H3;4-5,7,9,13,15H,6,8,10-12H2,1-3H3/q2*+2. The molecule has 15 heteroatoms. The molecule has 2 unspecified atom stereocenters. The molecule has 0 radical (unpaired) electrons. The first-order valence-corrected chi connectivity index (χ1v) is 20.6. The summed E-state index contributed by atoms with van der Waals surface area (Å²) in [4.78, 5) is 7.69. The van der Waals surface area contributed by atoms with E-state index in [0.29, 0.717) is 6.29 Å². The Balaban J connectivity index is 0.000000166. The second-order valence-electron chi connectivity index (χ2n) is 12.5. The molecule has 0 amide bonds. The van der Waals surface area contributed by atoms with Crippen LogP contribution in [0.5, 0.6) is 0 Å². The summed E-state index contributed by atoms with van der Waals surface area (Å²) in [6.45, 7) is 8.54. The van der Waals surface area contributed by atoms with Crippen LogP contribution in [0.15, 0.2) is 48.8 Å². The van der Waals surface area contributed by atoms with Gasteiger partial charge in [-0.1, -0.05) is 4.57 Å². The summed E-state index contributed by atoms with van der Waals surface area (Å²) in [6, 6.07) is 14.5. The summed E-state index contributed by atoms with van der Waals surface area (Å²) < 4.78 is 42.9. The molecule has 2 aromatic heterocycles. The van der Waals surface area contributed by atoms with E-state index in [-0.39, 0.29) is 5.91 Å². The first-order chi connectivity index (χ1) is 22.9. The maximum Gasteiger partial charge on any atom is 0.500 e. The van der Waals surface area contributed by atoms with Gasteiger partial charge in [-0.25, -0.2) is 0 Å². The van der Waals surface area contributed by atoms with Gasteiger partial charge in [0.1, 0.15) is 0 Å². The van der Waals surface area contributed by atoms with E-state index >= 15 is 0 Å². The highest BCUT2D eigenvalue weighted by Crippen LogP contribution is 2.35. The number of hydrogen-bond donors (Lipinski definition) is 0. The van der Waals surface area contributed by atoms with Crippen molar-refractivity contribution in [2.45, 2.75) is 37.1 Å². The third kappa shape index (κ3) is 6.21. The molecule has 2 atom stereocenters. The van der Waals surface area contributed by atoms with E-state index in [4.69, 9.17) is 26.6 Å². The smallest absolute Gasteiger partial charge is 0.377 e. The predicted octanol–water partition coefficient (Wildman–Crippen LogP) is 0.345. The highest BCUT2D eigenvalue weighted by Gasteiger charge is 2.72. The lowest BCUT2D eigenvalue weighted by Gasteiger charge is -2.28. The van der Waals surface area contributed by atoms with Gasteiger partial charge >= 0.3 is 29.8 Å². The molecule has 3 saturated heterocycles. The van der Waals surface area contributed by atoms with Crippen molar-refractivity contribution in [2.75, 3.05) is 95.0 Å². The van der Waals surface area contributed by atoms with Gasteiger partial charge in [0.2, 0.25) is 12.4 Å². The van der Waals surface area contributed by atoms with E-state index in [9.17, 15) is 0 Å². The minimum Gasteiger partial charge on any atom is -0.377 e. The zero-order valence-electron chi connectivity index (χ0n) is 28.9. The summed E-state index contributed by atoms with van der Waals surface area (Å²) in [7, 11) is 5.14. The third-order valence-electron chi connectivity index (χ3n) is 10.4. The molecular weight excluding hydrogens is 635 g/mol. The van der Waals surface area contributed by atoms with Crippen LogP contribution in [0.3, 0.4) is 0 Å². The average Bonchev–Trinajstić information content (AvgIpc) is 3.92. The molecule has 1 spiro atoms. The van der Waals surface area contributed by atoms with Crippen LogP contribution in [0.4, 0.5) is 0 Å². The molecule has 7 rings (SSSR count). The van der Waals surface area contributed by atoms with E-state index in [1.54, 1.807) is 42.7 Å². The van der Waals surface area contributed by atoms with Gasteiger partial charge < -0.3 is 26.6 Å². The predicted molar refractivity (Wildman–Crippen MR) is 178 cm³/mol. The van der Waals surface area contributed by atoms with Crippen molar-refractivity contribution in [3.05, 3.63) is 60.2 Å². The van der Waals surface area contributed by atoms with Gasteiger partial charge in [-0.3, -0.25) is 0 Å². The Kier molecular flexibility index (Phi) is 10.8. The van der Waals surface area contributed by atoms with Gasteiger partial charge in [-0.05, 0) is 25.0 Å². The van der Waals surface area contributed by atoms with Crippen molar-refractivity contribution in [3.63, 3.8) is 0 Å². The molecule has 3 fully saturated rings. The SMILES string of the molecule is CO[Si](CCCN1CCN2CC[N+]3=Cc4cccc[n+]4C123)(OC)OC.CO[Si](CCCN1CC[N+]2=Cc3cccc[n+]3C12)(OC)OC. The molecule has 2 aromatic rings. The molecule has 0 bridgehead atoms. The topological polar surface area (TPSA) is 78.9 Å². The molecular formula is C32H53N7O6Si2+4. The van der Waals surface area contributed by atoms with Crippen molar-refractivity contribution in [1.29, 1.82) is 0 Å². The van der Waals surface area contributed by atoms with Gasteiger partial charge in [-0.15, -0.1) is 9.14 Å². The molecule has 0 saturated carbocycles. The lowest BCUT2D eigenvalue weighted by molar-refractivity contribution is -0.946. The molecule has 0 N–H and O–H groups in total. The lowest BCUT2D eigenvalue weighted by atomic mass is 10.3. The van der Waals surface area contributed by atoms with Gasteiger partial charge in [0.05, 0.1) is 13.1 Å². The van der Waals surface area contributed by atoms with Crippen molar-refractivity contribution < 1.29 is 44.8 Å². The van der Waals surface area contributed by atoms with Crippen LogP contribution in [-0.2, 0) is 32.5 Å². The molecule has 256 valence electrons. The lowest BCUT2D eigenvalue weighted by Crippen LogP contribution is -2.70. The van der Waals surface area contributed by atoms with Crippen LogP contribution in [0.1, 0.15) is 30.5 Å². The average molecular weight is 688 g/mol. The van der Waals surface area contributed by atoms with Crippen molar-refractivity contribution in [1.82, 2.24) is 14.7 Å². The van der Waals surface area contributed by atoms with Gasteiger partial charge in [-0.2, -0.15) is 19.3 Å². The highest BCUT2D eigenvalue weighted by molar-refractivity contribution is 6.60. The summed E-state index contributed by atoms with van der Waals surface area (Å²) in [6.07, 6.45) is 11.2. The number of fused-ring (bicyclic) bond motifs is 4. The van der Waals surface area contributed by atoms with Crippen LogP contribution >= 0.6 is 0 Å². The highest BCUT2D eigenvalue weighted by atomic mass is 28.4. The number of pyridine rings is 2. The Morgan fingerprint density at radius 2 is 1.34 bits per heavy atom. The van der Waals surface area contributed by atoms with E-state index in [0.717, 1.165) is 77.3 Å². The summed E-state index contributed by atoms with van der Waals surface area (Å²) in [5.74, 6) is -0.159. The fraction of sp³-hybridized carbons (Fsp3) is 0.625. The minimum absolute atomic E-state index is 0.159. The number of aromatic nitrogens is 2. The zero-order chi connectivity index (χ0) is 33.1. The molecule has 13 nitrogen and oxygen atoms in total. The third-order valence-corrected chi connectivity index (χ3v) is 16.1. The first kappa shape index (κ1) is 34.6. The zero-order valence-corrected chi connectivity index (χ0v) is 30.9. The van der Waals surface area contributed by atoms with Crippen LogP contribution in [0, 0.1) is 0 Å². The molecule has 47 heavy (non-hydrogen) atoms. The summed E-state index contributed by atoms with van der Waals surface area (Å²) in [5.41, 5.74) is 2.54. The van der Waals surface area contributed by atoms with E-state index in [2.05, 4.69) is 94.2 Å². The normalized spacial score (nSPS) is 23.5. The first-order valence-electron chi connectivity index (χ1n) is 16.7. The van der Waals surface area contributed by atoms with Gasteiger partial charge in [0.25, 0.3) is 11.4 Å². The molecule has 0 aliphatic carbocycles. The Morgan fingerprint density at radius 1 is 0.702 bits per heavy atom. The Bertz CT molecular complexity index is 1440. The quantitative estimate of drug-likeness (QED) is 0.207. The van der Waals surface area contributed by atoms with Crippen molar-refractivity contribution in [2.24, 2.45) is 0 Å². The van der Waals surface area contributed by atoms with Gasteiger partial charge in [0.15, 0.2) is 25.5 Å². The van der Waals surface area contributed by atoms with E-state index < -0.39 is 17.6 Å². The summed E-state index contributed by atoms with van der Waals surface area (Å²) >= 11 is 0. The van der Waals surface area contributed by atoms with Crippen LogP contribution in [-0.4, -0.2) is 149 Å². The second kappa shape index (κ2) is 14.7. The molecule has 5 aliphatic heterocycles. The maximum atomic E-state index is 5.57. The fourth-order valence-corrected chi connectivity index (χ4v) is 11.4.